The maximum atomic E-state index is 7.07. The minimum absolute atomic E-state index is 0.180. The van der Waals surface area contributed by atoms with Gasteiger partial charge in [-0.05, 0) is 87.9 Å². The Labute approximate surface area is 329 Å². The van der Waals surface area contributed by atoms with Crippen LogP contribution in [0.1, 0.15) is 0 Å². The van der Waals surface area contributed by atoms with Crippen LogP contribution in [0.3, 0.4) is 0 Å². The third-order valence-electron chi connectivity index (χ3n) is 13.1. The molecule has 0 bridgehead atoms. The van der Waals surface area contributed by atoms with Crippen molar-refractivity contribution in [1.82, 2.24) is 4.48 Å². The highest BCUT2D eigenvalue weighted by molar-refractivity contribution is 6.90. The fourth-order valence-electron chi connectivity index (χ4n) is 10.8. The zero-order chi connectivity index (χ0) is 37.4. The lowest BCUT2D eigenvalue weighted by Crippen LogP contribution is -2.56. The molecule has 0 aliphatic carbocycles. The molecule has 0 fully saturated rings. The van der Waals surface area contributed by atoms with Gasteiger partial charge in [-0.1, -0.05) is 103 Å². The molecule has 266 valence electrons. The van der Waals surface area contributed by atoms with Crippen molar-refractivity contribution in [2.75, 3.05) is 4.90 Å². The van der Waals surface area contributed by atoms with Gasteiger partial charge in [0.05, 0.1) is 5.69 Å². The van der Waals surface area contributed by atoms with Crippen LogP contribution in [0.5, 0.6) is 0 Å². The quantitative estimate of drug-likeness (QED) is 0.157. The average Bonchev–Trinajstić information content (AvgIpc) is 4.03. The zero-order valence-electron chi connectivity index (χ0n) is 30.8. The van der Waals surface area contributed by atoms with Gasteiger partial charge in [-0.15, -0.1) is 0 Å². The van der Waals surface area contributed by atoms with E-state index in [1.54, 1.807) is 0 Å². The van der Waals surface area contributed by atoms with E-state index >= 15 is 0 Å². The minimum Gasteiger partial charge on any atom is -0.456 e. The lowest BCUT2D eigenvalue weighted by molar-refractivity contribution is 0.669. The molecule has 2 aliphatic rings. The van der Waals surface area contributed by atoms with Gasteiger partial charge in [-0.2, -0.15) is 0 Å². The summed E-state index contributed by atoms with van der Waals surface area (Å²) in [6.45, 7) is -0.180. The van der Waals surface area contributed by atoms with Gasteiger partial charge in [-0.25, -0.2) is 0 Å². The van der Waals surface area contributed by atoms with Crippen LogP contribution in [0.15, 0.2) is 177 Å². The molecule has 13 aromatic rings. The smallest absolute Gasteiger partial charge is 0.333 e. The average molecular weight is 739 g/mol. The number of nitrogens with zero attached hydrogens (tertiary/aromatic N) is 2. The Kier molecular flexibility index (Phi) is 5.19. The first kappa shape index (κ1) is 29.6. The Bertz CT molecular complexity index is 4010. The number of hydrogen-bond donors (Lipinski definition) is 0. The van der Waals surface area contributed by atoms with Gasteiger partial charge in [0.1, 0.15) is 27.9 Å². The SMILES string of the molecule is c1ccc2c(c1)ccc1c2c2cccc3c2n1B1c2cc4oc5ccccc5c4cc2N(c2ccc4oc5ccccc5c4c2)c2c1c-3cc1c2oc2ccccc21. The van der Waals surface area contributed by atoms with Gasteiger partial charge in [0, 0.05) is 71.1 Å². The summed E-state index contributed by atoms with van der Waals surface area (Å²) < 4.78 is 22.8. The molecule has 6 heteroatoms. The monoisotopic (exact) mass is 738 g/mol. The van der Waals surface area contributed by atoms with Crippen molar-refractivity contribution in [3.8, 4) is 11.1 Å². The first-order chi connectivity index (χ1) is 28.8. The number of furan rings is 3. The molecule has 9 aromatic carbocycles. The van der Waals surface area contributed by atoms with E-state index in [1.807, 2.05) is 18.2 Å². The number of hydrogen-bond acceptors (Lipinski definition) is 4. The van der Waals surface area contributed by atoms with E-state index in [1.165, 1.54) is 54.6 Å². The van der Waals surface area contributed by atoms with E-state index in [0.29, 0.717) is 0 Å². The van der Waals surface area contributed by atoms with E-state index in [2.05, 4.69) is 155 Å². The molecule has 4 aromatic heterocycles. The van der Waals surface area contributed by atoms with Crippen molar-refractivity contribution in [1.29, 1.82) is 0 Å². The molecule has 58 heavy (non-hydrogen) atoms. The molecule has 0 amide bonds. The summed E-state index contributed by atoms with van der Waals surface area (Å²) in [6.07, 6.45) is 0. The van der Waals surface area contributed by atoms with Crippen LogP contribution in [0, 0.1) is 0 Å². The molecule has 15 rings (SSSR count). The molecule has 6 heterocycles. The Morgan fingerprint density at radius 2 is 1.09 bits per heavy atom. The minimum atomic E-state index is -0.180. The van der Waals surface area contributed by atoms with Gasteiger partial charge in [0.2, 0.25) is 0 Å². The number of rotatable bonds is 1. The highest BCUT2D eigenvalue weighted by atomic mass is 16.3. The molecule has 5 nitrogen and oxygen atoms in total. The predicted octanol–water partition coefficient (Wildman–Crippen LogP) is 13.1. The van der Waals surface area contributed by atoms with Crippen LogP contribution in [-0.2, 0) is 0 Å². The summed E-state index contributed by atoms with van der Waals surface area (Å²) in [5.41, 5.74) is 15.7. The lowest BCUT2D eigenvalue weighted by atomic mass is 9.45. The topological polar surface area (TPSA) is 47.6 Å². The lowest BCUT2D eigenvalue weighted by Gasteiger charge is -2.40. The first-order valence-electron chi connectivity index (χ1n) is 19.9. The van der Waals surface area contributed by atoms with Gasteiger partial charge in [-0.3, -0.25) is 0 Å². The highest BCUT2D eigenvalue weighted by Crippen LogP contribution is 2.51. The molecule has 0 atom stereocenters. The number of benzene rings is 9. The van der Waals surface area contributed by atoms with Crippen molar-refractivity contribution < 1.29 is 13.3 Å². The van der Waals surface area contributed by atoms with Crippen molar-refractivity contribution in [3.63, 3.8) is 0 Å². The zero-order valence-corrected chi connectivity index (χ0v) is 30.8. The summed E-state index contributed by atoms with van der Waals surface area (Å²) >= 11 is 0. The fraction of sp³-hybridized carbons (Fsp3) is 0. The molecular weight excluding hydrogens is 711 g/mol. The molecule has 0 N–H and O–H groups in total. The second-order valence-corrected chi connectivity index (χ2v) is 15.9. The summed E-state index contributed by atoms with van der Waals surface area (Å²) in [5.74, 6) is 0. The van der Waals surface area contributed by atoms with Crippen molar-refractivity contribution in [3.05, 3.63) is 164 Å². The van der Waals surface area contributed by atoms with Crippen LogP contribution >= 0.6 is 0 Å². The second-order valence-electron chi connectivity index (χ2n) is 15.9. The van der Waals surface area contributed by atoms with Crippen LogP contribution in [0.2, 0.25) is 0 Å². The van der Waals surface area contributed by atoms with Crippen LogP contribution in [-0.4, -0.2) is 11.3 Å². The highest BCUT2D eigenvalue weighted by Gasteiger charge is 2.45. The van der Waals surface area contributed by atoms with Gasteiger partial charge < -0.3 is 22.6 Å². The predicted molar refractivity (Wildman–Crippen MR) is 239 cm³/mol. The number of para-hydroxylation sites is 4. The molecule has 0 spiro atoms. The number of fused-ring (bicyclic) bond motifs is 19. The van der Waals surface area contributed by atoms with Crippen molar-refractivity contribution in [2.24, 2.45) is 0 Å². The molecule has 0 saturated heterocycles. The molecule has 0 unspecified atom stereocenters. The standard InChI is InChI=1S/C52H27BN2O3/c1-2-11-30-28(10-1)20-22-41-48(30)35-16-9-15-34-38-25-39-33-14-5-8-19-45(33)58-52(39)51-49(38)53(55(41)50(34)35)40-27-47-37(32-13-4-7-18-44(32)57-47)26-42(40)54(51)29-21-23-46-36(24-29)31-12-3-6-17-43(31)56-46/h1-27H. The number of anilines is 3. The molecular formula is C52H27BN2O3. The van der Waals surface area contributed by atoms with E-state index < -0.39 is 0 Å². The normalized spacial score (nSPS) is 13.4. The summed E-state index contributed by atoms with van der Waals surface area (Å²) in [7, 11) is 0. The van der Waals surface area contributed by atoms with Gasteiger partial charge in [0.15, 0.2) is 5.58 Å². The molecule has 0 radical (unpaired) electrons. The summed E-state index contributed by atoms with van der Waals surface area (Å²) in [4.78, 5) is 2.46. The second kappa shape index (κ2) is 10.2. The molecule has 0 saturated carbocycles. The van der Waals surface area contributed by atoms with Gasteiger partial charge >= 0.3 is 6.85 Å². The molecule has 2 aliphatic heterocycles. The van der Waals surface area contributed by atoms with E-state index in [9.17, 15) is 0 Å². The maximum Gasteiger partial charge on any atom is 0.333 e. The first-order valence-corrected chi connectivity index (χ1v) is 19.9. The third-order valence-corrected chi connectivity index (χ3v) is 13.1. The van der Waals surface area contributed by atoms with Crippen molar-refractivity contribution >= 4 is 133 Å². The van der Waals surface area contributed by atoms with Crippen LogP contribution in [0.4, 0.5) is 17.1 Å². The maximum absolute atomic E-state index is 7.07. The van der Waals surface area contributed by atoms with E-state index in [0.717, 1.165) is 82.9 Å². The Balaban J connectivity index is 1.17. The summed E-state index contributed by atoms with van der Waals surface area (Å²) in [5, 5.41) is 11.6. The number of aromatic nitrogens is 1. The summed E-state index contributed by atoms with van der Waals surface area (Å²) in [6, 6.07) is 59.1. The van der Waals surface area contributed by atoms with E-state index in [4.69, 9.17) is 13.3 Å². The third kappa shape index (κ3) is 3.48. The van der Waals surface area contributed by atoms with Crippen LogP contribution in [0.25, 0.3) is 110 Å². The van der Waals surface area contributed by atoms with Gasteiger partial charge in [0.25, 0.3) is 0 Å². The Hall–Kier alpha value is -7.70. The van der Waals surface area contributed by atoms with E-state index in [-0.39, 0.29) is 6.85 Å². The fourth-order valence-corrected chi connectivity index (χ4v) is 10.8. The Morgan fingerprint density at radius 3 is 1.90 bits per heavy atom. The Morgan fingerprint density at radius 1 is 0.431 bits per heavy atom. The van der Waals surface area contributed by atoms with Crippen molar-refractivity contribution in [2.45, 2.75) is 0 Å². The van der Waals surface area contributed by atoms with Crippen LogP contribution < -0.4 is 15.8 Å². The largest absolute Gasteiger partial charge is 0.456 e.